The van der Waals surface area contributed by atoms with Gasteiger partial charge in [-0.2, -0.15) is 0 Å². The van der Waals surface area contributed by atoms with Crippen molar-refractivity contribution in [1.29, 1.82) is 0 Å². The van der Waals surface area contributed by atoms with Crippen LogP contribution in [0.5, 0.6) is 0 Å². The zero-order chi connectivity index (χ0) is 21.6. The molecule has 1 N–H and O–H groups in total. The van der Waals surface area contributed by atoms with Crippen LogP contribution < -0.4 is 16.6 Å². The fourth-order valence-electron chi connectivity index (χ4n) is 3.55. The van der Waals surface area contributed by atoms with Crippen LogP contribution in [0.1, 0.15) is 12.8 Å². The molecule has 12 nitrogen and oxygen atoms in total. The molecule has 0 spiro atoms. The Bertz CT molecular complexity index is 1150. The zero-order valence-corrected chi connectivity index (χ0v) is 16.8. The second-order valence-electron chi connectivity index (χ2n) is 7.68. The predicted octanol–water partition coefficient (Wildman–Crippen LogP) is -2.62. The number of rotatable bonds is 3. The Hall–Kier alpha value is -3.44. The molecule has 1 aliphatic heterocycles. The van der Waals surface area contributed by atoms with Crippen molar-refractivity contribution in [3.63, 3.8) is 0 Å². The van der Waals surface area contributed by atoms with Gasteiger partial charge in [-0.3, -0.25) is 23.7 Å². The number of fused-ring (bicyclic) bond motifs is 1. The number of carbonyl (C=O) groups excluding carboxylic acids is 3. The lowest BCUT2D eigenvalue weighted by atomic mass is 10.3. The van der Waals surface area contributed by atoms with E-state index >= 15 is 0 Å². The van der Waals surface area contributed by atoms with Crippen molar-refractivity contribution in [2.75, 3.05) is 26.2 Å². The van der Waals surface area contributed by atoms with E-state index in [-0.39, 0.29) is 43.4 Å². The first kappa shape index (κ1) is 19.9. The first-order chi connectivity index (χ1) is 14.3. The van der Waals surface area contributed by atoms with E-state index in [9.17, 15) is 24.0 Å². The topological polar surface area (TPSA) is 132 Å². The molecule has 0 atom stereocenters. The van der Waals surface area contributed by atoms with Gasteiger partial charge in [0.1, 0.15) is 6.54 Å². The van der Waals surface area contributed by atoms with Crippen LogP contribution in [0.2, 0.25) is 0 Å². The van der Waals surface area contributed by atoms with Crippen molar-refractivity contribution in [3.8, 4) is 0 Å². The molecule has 2 aliphatic rings. The van der Waals surface area contributed by atoms with Gasteiger partial charge in [0.2, 0.25) is 5.91 Å². The molecule has 0 bridgehead atoms. The Kier molecular flexibility index (Phi) is 4.92. The van der Waals surface area contributed by atoms with E-state index in [4.69, 9.17) is 0 Å². The first-order valence-electron chi connectivity index (χ1n) is 9.76. The summed E-state index contributed by atoms with van der Waals surface area (Å²) in [5, 5.41) is 2.66. The molecule has 1 aliphatic carbocycles. The minimum atomic E-state index is -0.620. The highest BCUT2D eigenvalue weighted by Gasteiger charge is 2.31. The van der Waals surface area contributed by atoms with E-state index in [1.54, 1.807) is 7.05 Å². The van der Waals surface area contributed by atoms with Gasteiger partial charge < -0.3 is 19.7 Å². The molecule has 2 fully saturated rings. The number of aromatic nitrogens is 4. The Morgan fingerprint density at radius 2 is 1.70 bits per heavy atom. The summed E-state index contributed by atoms with van der Waals surface area (Å²) in [6.07, 6.45) is 3.22. The van der Waals surface area contributed by atoms with E-state index in [0.717, 1.165) is 17.4 Å². The Morgan fingerprint density at radius 3 is 2.33 bits per heavy atom. The molecule has 2 aromatic heterocycles. The molecule has 3 heterocycles. The van der Waals surface area contributed by atoms with E-state index in [1.165, 1.54) is 32.3 Å². The standard InChI is InChI=1S/C18H23N7O5/c1-21-10-19-14-13(21)16(28)25(18(30)22(14)2)9-12(26)23-5-7-24(8-6-23)17(29)15(27)20-11-3-4-11/h10-11H,3-9H2,1-2H3,(H,20,27). The van der Waals surface area contributed by atoms with Gasteiger partial charge in [0.15, 0.2) is 11.2 Å². The van der Waals surface area contributed by atoms with Gasteiger partial charge in [0, 0.05) is 46.3 Å². The third-order valence-corrected chi connectivity index (χ3v) is 5.52. The molecule has 1 saturated carbocycles. The molecule has 160 valence electrons. The lowest BCUT2D eigenvalue weighted by Crippen LogP contribution is -2.55. The second-order valence-corrected chi connectivity index (χ2v) is 7.68. The van der Waals surface area contributed by atoms with Crippen LogP contribution in [-0.4, -0.2) is 78.4 Å². The number of hydrogen-bond acceptors (Lipinski definition) is 6. The van der Waals surface area contributed by atoms with Crippen LogP contribution >= 0.6 is 0 Å². The molecule has 0 radical (unpaired) electrons. The first-order valence-corrected chi connectivity index (χ1v) is 9.76. The maximum Gasteiger partial charge on any atom is 0.332 e. The predicted molar refractivity (Wildman–Crippen MR) is 105 cm³/mol. The van der Waals surface area contributed by atoms with Gasteiger partial charge >= 0.3 is 17.5 Å². The Morgan fingerprint density at radius 1 is 1.07 bits per heavy atom. The lowest BCUT2D eigenvalue weighted by molar-refractivity contribution is -0.148. The average Bonchev–Trinajstić information content (AvgIpc) is 3.47. The highest BCUT2D eigenvalue weighted by Crippen LogP contribution is 2.18. The summed E-state index contributed by atoms with van der Waals surface area (Å²) in [6.45, 7) is 0.490. The number of piperazine rings is 1. The van der Waals surface area contributed by atoms with E-state index in [1.807, 2.05) is 0 Å². The largest absolute Gasteiger partial charge is 0.345 e. The molecule has 0 unspecified atom stereocenters. The minimum absolute atomic E-state index is 0.0991. The van der Waals surface area contributed by atoms with Gasteiger partial charge in [0.05, 0.1) is 6.33 Å². The van der Waals surface area contributed by atoms with Crippen LogP contribution in [0.25, 0.3) is 11.2 Å². The number of hydrogen-bond donors (Lipinski definition) is 1. The van der Waals surface area contributed by atoms with Crippen LogP contribution in [0.4, 0.5) is 0 Å². The number of nitrogens with zero attached hydrogens (tertiary/aromatic N) is 6. The van der Waals surface area contributed by atoms with Crippen molar-refractivity contribution in [1.82, 2.24) is 33.8 Å². The van der Waals surface area contributed by atoms with Gasteiger partial charge in [-0.15, -0.1) is 0 Å². The van der Waals surface area contributed by atoms with Gasteiger partial charge in [-0.1, -0.05) is 0 Å². The Labute approximate surface area is 170 Å². The Balaban J connectivity index is 1.44. The molecular formula is C18H23N7O5. The van der Waals surface area contributed by atoms with Crippen molar-refractivity contribution in [2.45, 2.75) is 25.4 Å². The molecule has 1 saturated heterocycles. The molecule has 12 heteroatoms. The number of imidazole rings is 1. The average molecular weight is 417 g/mol. The molecule has 2 aromatic rings. The summed E-state index contributed by atoms with van der Waals surface area (Å²) in [4.78, 5) is 69.1. The highest BCUT2D eigenvalue weighted by atomic mass is 16.2. The second kappa shape index (κ2) is 7.43. The SMILES string of the molecule is Cn1cnc2c1c(=O)n(CC(=O)N1CCN(C(=O)C(=O)NC3CC3)CC1)c(=O)n2C. The van der Waals surface area contributed by atoms with Crippen molar-refractivity contribution >= 4 is 28.9 Å². The summed E-state index contributed by atoms with van der Waals surface area (Å²) in [6, 6.07) is 0.0991. The monoisotopic (exact) mass is 417 g/mol. The molecule has 0 aromatic carbocycles. The maximum atomic E-state index is 12.7. The van der Waals surface area contributed by atoms with E-state index < -0.39 is 35.5 Å². The van der Waals surface area contributed by atoms with Gasteiger partial charge in [-0.25, -0.2) is 14.3 Å². The molecule has 30 heavy (non-hydrogen) atoms. The minimum Gasteiger partial charge on any atom is -0.345 e. The quantitative estimate of drug-likeness (QED) is 0.544. The summed E-state index contributed by atoms with van der Waals surface area (Å²) in [5.41, 5.74) is -0.702. The zero-order valence-electron chi connectivity index (χ0n) is 16.8. The maximum absolute atomic E-state index is 12.7. The van der Waals surface area contributed by atoms with E-state index in [0.29, 0.717) is 0 Å². The van der Waals surface area contributed by atoms with Gasteiger partial charge in [0.25, 0.3) is 5.56 Å². The van der Waals surface area contributed by atoms with Crippen molar-refractivity contribution in [2.24, 2.45) is 14.1 Å². The molecular weight excluding hydrogens is 394 g/mol. The van der Waals surface area contributed by atoms with Crippen LogP contribution in [0.15, 0.2) is 15.9 Å². The summed E-state index contributed by atoms with van der Waals surface area (Å²) < 4.78 is 3.64. The summed E-state index contributed by atoms with van der Waals surface area (Å²) in [7, 11) is 3.14. The lowest BCUT2D eigenvalue weighted by Gasteiger charge is -2.34. The smallest absolute Gasteiger partial charge is 0.332 e. The van der Waals surface area contributed by atoms with Crippen LogP contribution in [-0.2, 0) is 35.0 Å². The highest BCUT2D eigenvalue weighted by molar-refractivity contribution is 6.35. The summed E-state index contributed by atoms with van der Waals surface area (Å²) in [5.74, 6) is -1.61. The van der Waals surface area contributed by atoms with Crippen LogP contribution in [0.3, 0.4) is 0 Å². The number of carbonyl (C=O) groups is 3. The molecule has 3 amide bonds. The number of nitrogens with one attached hydrogen (secondary N) is 1. The van der Waals surface area contributed by atoms with Gasteiger partial charge in [-0.05, 0) is 12.8 Å². The fraction of sp³-hybridized carbons (Fsp3) is 0.556. The molecule has 4 rings (SSSR count). The van der Waals surface area contributed by atoms with Crippen molar-refractivity contribution < 1.29 is 14.4 Å². The number of aryl methyl sites for hydroxylation is 2. The van der Waals surface area contributed by atoms with E-state index in [2.05, 4.69) is 10.3 Å². The van der Waals surface area contributed by atoms with Crippen molar-refractivity contribution in [3.05, 3.63) is 27.2 Å². The third-order valence-electron chi connectivity index (χ3n) is 5.52. The summed E-state index contributed by atoms with van der Waals surface area (Å²) >= 11 is 0. The number of amides is 3. The van der Waals surface area contributed by atoms with Crippen LogP contribution in [0, 0.1) is 0 Å². The normalized spacial score (nSPS) is 16.7. The third kappa shape index (κ3) is 3.48. The fourth-order valence-corrected chi connectivity index (χ4v) is 3.55.